The first-order chi connectivity index (χ1) is 8.79. The molecule has 2 aliphatic rings. The zero-order valence-electron chi connectivity index (χ0n) is 11.0. The van der Waals surface area contributed by atoms with E-state index in [1.54, 1.807) is 11.3 Å². The summed E-state index contributed by atoms with van der Waals surface area (Å²) in [6, 6.07) is 5.20. The molecule has 0 amide bonds. The highest BCUT2D eigenvalue weighted by Gasteiger charge is 2.46. The Labute approximate surface area is 124 Å². The van der Waals surface area contributed by atoms with Gasteiger partial charge in [0, 0.05) is 22.9 Å². The molecule has 0 unspecified atom stereocenters. The van der Waals surface area contributed by atoms with E-state index >= 15 is 0 Å². The number of esters is 1. The van der Waals surface area contributed by atoms with Gasteiger partial charge in [-0.3, -0.25) is 4.79 Å². The quantitative estimate of drug-likeness (QED) is 0.872. The van der Waals surface area contributed by atoms with Crippen LogP contribution in [0.15, 0.2) is 17.5 Å². The van der Waals surface area contributed by atoms with Crippen molar-refractivity contribution in [2.24, 2.45) is 5.92 Å². The number of nitrogens with one attached hydrogen (secondary N) is 1. The van der Waals surface area contributed by atoms with E-state index in [0.29, 0.717) is 24.6 Å². The standard InChI is InChI=1S/C14H19NO2S.ClH/c1-2-17-14(16)10-8-9-5-6-11(15-9)13(10)12-4-3-7-18-12;/h3-4,7,9-11,13,15H,2,5-6,8H2,1H3;1H/t9-,10-,11+,13-;/m0./s1. The summed E-state index contributed by atoms with van der Waals surface area (Å²) >= 11 is 1.76. The third-order valence-electron chi connectivity index (χ3n) is 4.14. The molecule has 0 aliphatic carbocycles. The van der Waals surface area contributed by atoms with Crippen molar-refractivity contribution in [3.63, 3.8) is 0 Å². The number of carbonyl (C=O) groups is 1. The molecule has 106 valence electrons. The monoisotopic (exact) mass is 301 g/mol. The van der Waals surface area contributed by atoms with Crippen molar-refractivity contribution in [1.29, 1.82) is 0 Å². The molecular formula is C14H20ClNO2S. The molecule has 0 aromatic carbocycles. The second-order valence-electron chi connectivity index (χ2n) is 5.18. The van der Waals surface area contributed by atoms with E-state index in [0.717, 1.165) is 6.42 Å². The molecule has 3 nitrogen and oxygen atoms in total. The van der Waals surface area contributed by atoms with Gasteiger partial charge in [-0.25, -0.2) is 0 Å². The first-order valence-electron chi connectivity index (χ1n) is 6.75. The lowest BCUT2D eigenvalue weighted by Gasteiger charge is -2.35. The first-order valence-corrected chi connectivity index (χ1v) is 7.63. The summed E-state index contributed by atoms with van der Waals surface area (Å²) < 4.78 is 5.27. The molecule has 1 N–H and O–H groups in total. The molecule has 0 radical (unpaired) electrons. The maximum absolute atomic E-state index is 12.2. The van der Waals surface area contributed by atoms with E-state index in [2.05, 4.69) is 22.8 Å². The van der Waals surface area contributed by atoms with Crippen LogP contribution < -0.4 is 5.32 Å². The number of hydrogen-bond acceptors (Lipinski definition) is 4. The van der Waals surface area contributed by atoms with Gasteiger partial charge in [-0.05, 0) is 37.6 Å². The summed E-state index contributed by atoms with van der Waals surface area (Å²) in [4.78, 5) is 13.5. The summed E-state index contributed by atoms with van der Waals surface area (Å²) in [7, 11) is 0. The number of thiophene rings is 1. The van der Waals surface area contributed by atoms with Gasteiger partial charge >= 0.3 is 5.97 Å². The molecule has 4 atom stereocenters. The van der Waals surface area contributed by atoms with Crippen molar-refractivity contribution < 1.29 is 9.53 Å². The van der Waals surface area contributed by atoms with Crippen LogP contribution in [-0.4, -0.2) is 24.7 Å². The second kappa shape index (κ2) is 6.25. The van der Waals surface area contributed by atoms with Crippen molar-refractivity contribution in [1.82, 2.24) is 5.32 Å². The van der Waals surface area contributed by atoms with E-state index in [1.165, 1.54) is 17.7 Å². The van der Waals surface area contributed by atoms with Crippen LogP contribution in [0.1, 0.15) is 37.0 Å². The molecule has 0 spiro atoms. The van der Waals surface area contributed by atoms with Crippen LogP contribution in [0.5, 0.6) is 0 Å². The topological polar surface area (TPSA) is 38.3 Å². The fourth-order valence-corrected chi connectivity index (χ4v) is 4.38. The molecular weight excluding hydrogens is 282 g/mol. The Hall–Kier alpha value is -0.580. The average molecular weight is 302 g/mol. The molecule has 1 aromatic heterocycles. The molecule has 2 fully saturated rings. The van der Waals surface area contributed by atoms with Crippen LogP contribution >= 0.6 is 23.7 Å². The van der Waals surface area contributed by atoms with Crippen molar-refractivity contribution in [3.05, 3.63) is 22.4 Å². The Balaban J connectivity index is 0.00000133. The van der Waals surface area contributed by atoms with Gasteiger partial charge in [-0.15, -0.1) is 23.7 Å². The number of piperidine rings is 1. The van der Waals surface area contributed by atoms with Gasteiger partial charge in [0.05, 0.1) is 12.5 Å². The highest BCUT2D eigenvalue weighted by Crippen LogP contribution is 2.43. The number of halogens is 1. The number of ether oxygens (including phenoxy) is 1. The predicted molar refractivity (Wildman–Crippen MR) is 79.0 cm³/mol. The zero-order chi connectivity index (χ0) is 12.5. The molecule has 2 bridgehead atoms. The Morgan fingerprint density at radius 3 is 3.05 bits per heavy atom. The van der Waals surface area contributed by atoms with Crippen LogP contribution in [0.25, 0.3) is 0 Å². The lowest BCUT2D eigenvalue weighted by atomic mass is 9.80. The normalized spacial score (nSPS) is 32.7. The minimum Gasteiger partial charge on any atom is -0.466 e. The van der Waals surface area contributed by atoms with Crippen LogP contribution in [0.3, 0.4) is 0 Å². The number of carbonyl (C=O) groups excluding carboxylic acids is 1. The lowest BCUT2D eigenvalue weighted by molar-refractivity contribution is -0.150. The van der Waals surface area contributed by atoms with Crippen LogP contribution in [0.4, 0.5) is 0 Å². The lowest BCUT2D eigenvalue weighted by Crippen LogP contribution is -2.46. The molecule has 19 heavy (non-hydrogen) atoms. The fraction of sp³-hybridized carbons (Fsp3) is 0.643. The Morgan fingerprint density at radius 2 is 2.37 bits per heavy atom. The molecule has 5 heteroatoms. The number of hydrogen-bond donors (Lipinski definition) is 1. The van der Waals surface area contributed by atoms with E-state index in [9.17, 15) is 4.79 Å². The smallest absolute Gasteiger partial charge is 0.309 e. The summed E-state index contributed by atoms with van der Waals surface area (Å²) in [5.74, 6) is 0.347. The molecule has 0 saturated carbocycles. The minimum absolute atomic E-state index is 0. The molecule has 2 saturated heterocycles. The molecule has 1 aromatic rings. The van der Waals surface area contributed by atoms with E-state index in [-0.39, 0.29) is 24.3 Å². The summed E-state index contributed by atoms with van der Waals surface area (Å²) in [5, 5.41) is 5.75. The molecule has 3 heterocycles. The maximum atomic E-state index is 12.2. The summed E-state index contributed by atoms with van der Waals surface area (Å²) in [5.41, 5.74) is 0. The van der Waals surface area contributed by atoms with Gasteiger partial charge in [0.15, 0.2) is 0 Å². The van der Waals surface area contributed by atoms with Gasteiger partial charge in [0.2, 0.25) is 0 Å². The Kier molecular flexibility index (Phi) is 4.87. The maximum Gasteiger partial charge on any atom is 0.309 e. The van der Waals surface area contributed by atoms with E-state index in [1.807, 2.05) is 6.92 Å². The summed E-state index contributed by atoms with van der Waals surface area (Å²) in [6.07, 6.45) is 3.31. The zero-order valence-corrected chi connectivity index (χ0v) is 12.6. The predicted octanol–water partition coefficient (Wildman–Crippen LogP) is 2.96. The van der Waals surface area contributed by atoms with Gasteiger partial charge in [-0.2, -0.15) is 0 Å². The summed E-state index contributed by atoms with van der Waals surface area (Å²) in [6.45, 7) is 2.36. The minimum atomic E-state index is -0.00528. The van der Waals surface area contributed by atoms with Crippen molar-refractivity contribution >= 4 is 29.7 Å². The highest BCUT2D eigenvalue weighted by atomic mass is 35.5. The Bertz CT molecular complexity index is 423. The largest absolute Gasteiger partial charge is 0.466 e. The van der Waals surface area contributed by atoms with Gasteiger partial charge in [0.1, 0.15) is 0 Å². The molecule has 2 aliphatic heterocycles. The van der Waals surface area contributed by atoms with Crippen molar-refractivity contribution in [3.8, 4) is 0 Å². The second-order valence-corrected chi connectivity index (χ2v) is 6.16. The fourth-order valence-electron chi connectivity index (χ4n) is 3.42. The van der Waals surface area contributed by atoms with Gasteiger partial charge < -0.3 is 10.1 Å². The first kappa shape index (κ1) is 14.8. The van der Waals surface area contributed by atoms with Gasteiger partial charge in [-0.1, -0.05) is 6.07 Å². The average Bonchev–Trinajstić information content (AvgIpc) is 3.00. The van der Waals surface area contributed by atoms with Crippen LogP contribution in [-0.2, 0) is 9.53 Å². The molecule has 3 rings (SSSR count). The SMILES string of the molecule is CCOC(=O)[C@H]1C[C@@H]2CC[C@@H](N2)[C@H]1c1cccs1.Cl. The van der Waals surface area contributed by atoms with Gasteiger partial charge in [0.25, 0.3) is 0 Å². The van der Waals surface area contributed by atoms with Crippen LogP contribution in [0, 0.1) is 5.92 Å². The third kappa shape index (κ3) is 2.81. The Morgan fingerprint density at radius 1 is 1.53 bits per heavy atom. The van der Waals surface area contributed by atoms with E-state index < -0.39 is 0 Å². The number of rotatable bonds is 3. The highest BCUT2D eigenvalue weighted by molar-refractivity contribution is 7.10. The third-order valence-corrected chi connectivity index (χ3v) is 5.12. The number of fused-ring (bicyclic) bond motifs is 2. The van der Waals surface area contributed by atoms with Crippen molar-refractivity contribution in [2.75, 3.05) is 6.61 Å². The van der Waals surface area contributed by atoms with Crippen LogP contribution in [0.2, 0.25) is 0 Å². The van der Waals surface area contributed by atoms with Crippen molar-refractivity contribution in [2.45, 2.75) is 44.2 Å². The van der Waals surface area contributed by atoms with E-state index in [4.69, 9.17) is 4.74 Å².